The van der Waals surface area contributed by atoms with E-state index in [0.29, 0.717) is 5.56 Å². The van der Waals surface area contributed by atoms with Crippen LogP contribution in [0.15, 0.2) is 78.9 Å². The summed E-state index contributed by atoms with van der Waals surface area (Å²) in [5.74, 6) is -0.314. The Kier molecular flexibility index (Phi) is 3.19. The average Bonchev–Trinajstić information content (AvgIpc) is 2.71. The predicted molar refractivity (Wildman–Crippen MR) is 107 cm³/mol. The highest BCUT2D eigenvalue weighted by Gasteiger charge is 2.17. The van der Waals surface area contributed by atoms with Gasteiger partial charge in [0.15, 0.2) is 0 Å². The van der Waals surface area contributed by atoms with Crippen LogP contribution in [-0.2, 0) is 4.74 Å². The van der Waals surface area contributed by atoms with Crippen LogP contribution in [0.25, 0.3) is 43.4 Å². The maximum absolute atomic E-state index is 12.3. The fourth-order valence-electron chi connectivity index (χ4n) is 3.99. The number of esters is 1. The lowest BCUT2D eigenvalue weighted by molar-refractivity contribution is 0.0601. The molecule has 5 aromatic rings. The van der Waals surface area contributed by atoms with Crippen molar-refractivity contribution in [2.45, 2.75) is 0 Å². The van der Waals surface area contributed by atoms with Gasteiger partial charge < -0.3 is 4.74 Å². The van der Waals surface area contributed by atoms with E-state index < -0.39 is 0 Å². The van der Waals surface area contributed by atoms with Gasteiger partial charge in [0.25, 0.3) is 0 Å². The van der Waals surface area contributed by atoms with Gasteiger partial charge in [-0.2, -0.15) is 0 Å². The Morgan fingerprint density at radius 3 is 2.19 bits per heavy atom. The third-order valence-electron chi connectivity index (χ3n) is 5.13. The Morgan fingerprint density at radius 1 is 0.692 bits per heavy atom. The lowest BCUT2D eigenvalue weighted by atomic mass is 9.88. The summed E-state index contributed by atoms with van der Waals surface area (Å²) in [6.07, 6.45) is 0. The highest BCUT2D eigenvalue weighted by atomic mass is 16.5. The zero-order valence-electron chi connectivity index (χ0n) is 14.3. The minimum Gasteiger partial charge on any atom is -0.465 e. The van der Waals surface area contributed by atoms with Gasteiger partial charge >= 0.3 is 5.97 Å². The number of ether oxygens (including phenoxy) is 1. The lowest BCUT2D eigenvalue weighted by Gasteiger charge is -2.16. The Bertz CT molecular complexity index is 1280. The number of carbonyl (C=O) groups is 1. The molecule has 0 fully saturated rings. The van der Waals surface area contributed by atoms with Crippen molar-refractivity contribution >= 4 is 38.3 Å². The van der Waals surface area contributed by atoms with Crippen LogP contribution < -0.4 is 0 Å². The van der Waals surface area contributed by atoms with E-state index in [9.17, 15) is 4.79 Å². The second-order valence-electron chi connectivity index (χ2n) is 6.51. The van der Waals surface area contributed by atoms with Crippen molar-refractivity contribution in [1.82, 2.24) is 0 Å². The molecule has 2 heteroatoms. The number of rotatable bonds is 2. The van der Waals surface area contributed by atoms with Gasteiger partial charge in [-0.15, -0.1) is 0 Å². The Morgan fingerprint density at radius 2 is 1.38 bits per heavy atom. The summed E-state index contributed by atoms with van der Waals surface area (Å²) in [5.41, 5.74) is 2.55. The monoisotopic (exact) mass is 336 g/mol. The molecule has 0 saturated heterocycles. The molecule has 0 bridgehead atoms. The summed E-state index contributed by atoms with van der Waals surface area (Å²) < 4.78 is 5.00. The molecule has 0 aliphatic heterocycles. The second-order valence-corrected chi connectivity index (χ2v) is 6.51. The highest BCUT2D eigenvalue weighted by molar-refractivity contribution is 6.26. The van der Waals surface area contributed by atoms with Crippen molar-refractivity contribution in [1.29, 1.82) is 0 Å². The van der Waals surface area contributed by atoms with E-state index in [0.717, 1.165) is 16.5 Å². The van der Waals surface area contributed by atoms with E-state index in [1.165, 1.54) is 34.0 Å². The van der Waals surface area contributed by atoms with Crippen molar-refractivity contribution in [2.75, 3.05) is 7.11 Å². The zero-order chi connectivity index (χ0) is 17.7. The van der Waals surface area contributed by atoms with E-state index in [4.69, 9.17) is 4.74 Å². The van der Waals surface area contributed by atoms with E-state index in [1.807, 2.05) is 24.3 Å². The molecule has 0 amide bonds. The number of methoxy groups -OCH3 is 1. The minimum atomic E-state index is -0.314. The van der Waals surface area contributed by atoms with E-state index in [2.05, 4.69) is 54.6 Å². The normalized spacial score (nSPS) is 11.4. The number of carbonyl (C=O) groups excluding carboxylic acids is 1. The topological polar surface area (TPSA) is 26.3 Å². The molecule has 0 aliphatic rings. The molecule has 0 heterocycles. The second kappa shape index (κ2) is 5.57. The van der Waals surface area contributed by atoms with Crippen LogP contribution in [0, 0.1) is 0 Å². The van der Waals surface area contributed by atoms with Gasteiger partial charge in [0, 0.05) is 0 Å². The molecule has 0 atom stereocenters. The summed E-state index contributed by atoms with van der Waals surface area (Å²) in [5, 5.41) is 7.31. The molecule has 2 nitrogen and oxygen atoms in total. The Hall–Kier alpha value is -3.39. The fourth-order valence-corrected chi connectivity index (χ4v) is 3.99. The van der Waals surface area contributed by atoms with Crippen molar-refractivity contribution in [3.8, 4) is 11.1 Å². The van der Waals surface area contributed by atoms with Gasteiger partial charge in [-0.25, -0.2) is 4.79 Å². The lowest BCUT2D eigenvalue weighted by Crippen LogP contribution is -2.03. The molecule has 0 N–H and O–H groups in total. The van der Waals surface area contributed by atoms with E-state index in [-0.39, 0.29) is 5.97 Å². The summed E-state index contributed by atoms with van der Waals surface area (Å²) in [6, 6.07) is 26.9. The molecular weight excluding hydrogens is 320 g/mol. The summed E-state index contributed by atoms with van der Waals surface area (Å²) in [7, 11) is 1.42. The molecule has 0 saturated carbocycles. The molecule has 0 aliphatic carbocycles. The third kappa shape index (κ3) is 2.02. The first-order valence-electron chi connectivity index (χ1n) is 8.62. The first-order valence-corrected chi connectivity index (χ1v) is 8.62. The van der Waals surface area contributed by atoms with Crippen molar-refractivity contribution in [3.05, 3.63) is 84.4 Å². The van der Waals surface area contributed by atoms with Crippen molar-refractivity contribution in [2.24, 2.45) is 0 Å². The minimum absolute atomic E-state index is 0.314. The van der Waals surface area contributed by atoms with Gasteiger partial charge in [0.2, 0.25) is 0 Å². The number of hydrogen-bond acceptors (Lipinski definition) is 2. The van der Waals surface area contributed by atoms with Crippen LogP contribution in [0.3, 0.4) is 0 Å². The first kappa shape index (κ1) is 14.9. The van der Waals surface area contributed by atoms with Gasteiger partial charge in [0.1, 0.15) is 0 Å². The summed E-state index contributed by atoms with van der Waals surface area (Å²) in [4.78, 5) is 12.3. The quantitative estimate of drug-likeness (QED) is 0.290. The van der Waals surface area contributed by atoms with Crippen LogP contribution in [0.2, 0.25) is 0 Å². The van der Waals surface area contributed by atoms with Crippen LogP contribution in [0.1, 0.15) is 10.4 Å². The summed E-state index contributed by atoms with van der Waals surface area (Å²) >= 11 is 0. The fraction of sp³-hybridized carbons (Fsp3) is 0.0417. The molecule has 5 rings (SSSR count). The third-order valence-corrected chi connectivity index (χ3v) is 5.13. The highest BCUT2D eigenvalue weighted by Crippen LogP contribution is 2.40. The predicted octanol–water partition coefficient (Wildman–Crippen LogP) is 6.04. The molecule has 0 spiro atoms. The molecule has 5 aromatic carbocycles. The van der Waals surface area contributed by atoms with E-state index in [1.54, 1.807) is 0 Å². The molecule has 0 radical (unpaired) electrons. The average molecular weight is 336 g/mol. The van der Waals surface area contributed by atoms with Crippen molar-refractivity contribution < 1.29 is 9.53 Å². The Labute approximate surface area is 151 Å². The zero-order valence-corrected chi connectivity index (χ0v) is 14.3. The smallest absolute Gasteiger partial charge is 0.338 e. The van der Waals surface area contributed by atoms with Gasteiger partial charge in [0.05, 0.1) is 12.7 Å². The standard InChI is InChI=1S/C24H16O2/c1-26-24(25)20-10-3-2-9-18(20)21-14-17-8-4-6-15-12-13-16-7-5-11-19(21)23(16)22(15)17/h2-14H,1H3. The van der Waals surface area contributed by atoms with Gasteiger partial charge in [-0.3, -0.25) is 0 Å². The van der Waals surface area contributed by atoms with Crippen LogP contribution in [-0.4, -0.2) is 13.1 Å². The van der Waals surface area contributed by atoms with Crippen LogP contribution in [0.4, 0.5) is 0 Å². The maximum Gasteiger partial charge on any atom is 0.338 e. The molecule has 26 heavy (non-hydrogen) atoms. The van der Waals surface area contributed by atoms with Crippen LogP contribution in [0.5, 0.6) is 0 Å². The SMILES string of the molecule is COC(=O)c1ccccc1-c1cc2cccc3ccc4cccc1c4c32. The number of benzene rings is 5. The number of hydrogen-bond donors (Lipinski definition) is 0. The van der Waals surface area contributed by atoms with Crippen molar-refractivity contribution in [3.63, 3.8) is 0 Å². The summed E-state index contributed by atoms with van der Waals surface area (Å²) in [6.45, 7) is 0. The Balaban J connectivity index is 1.98. The molecule has 0 aromatic heterocycles. The van der Waals surface area contributed by atoms with Gasteiger partial charge in [-0.1, -0.05) is 66.7 Å². The largest absolute Gasteiger partial charge is 0.465 e. The van der Waals surface area contributed by atoms with Crippen LogP contribution >= 0.6 is 0 Å². The molecule has 124 valence electrons. The first-order chi connectivity index (χ1) is 12.8. The van der Waals surface area contributed by atoms with Gasteiger partial charge in [-0.05, 0) is 55.6 Å². The molecular formula is C24H16O2. The molecule has 0 unspecified atom stereocenters. The maximum atomic E-state index is 12.3. The van der Waals surface area contributed by atoms with E-state index >= 15 is 0 Å².